The minimum atomic E-state index is -3.70. The summed E-state index contributed by atoms with van der Waals surface area (Å²) in [5.74, 6) is 0.412. The van der Waals surface area contributed by atoms with E-state index in [4.69, 9.17) is 4.74 Å². The zero-order valence-corrected chi connectivity index (χ0v) is 16.9. The number of benzene rings is 2. The third-order valence-electron chi connectivity index (χ3n) is 5.53. The number of rotatable bonds is 3. The number of carbonyl (C=O) groups excluding carboxylic acids is 1. The van der Waals surface area contributed by atoms with E-state index in [2.05, 4.69) is 0 Å². The average molecular weight is 401 g/mol. The van der Waals surface area contributed by atoms with Gasteiger partial charge in [0.1, 0.15) is 12.4 Å². The summed E-state index contributed by atoms with van der Waals surface area (Å²) in [6.45, 7) is 4.80. The molecule has 2 aromatic rings. The highest BCUT2D eigenvalue weighted by molar-refractivity contribution is 7.89. The lowest BCUT2D eigenvalue weighted by atomic mass is 10.0. The van der Waals surface area contributed by atoms with Crippen LogP contribution in [0.4, 0.5) is 5.69 Å². The third-order valence-corrected chi connectivity index (χ3v) is 7.44. The van der Waals surface area contributed by atoms with E-state index in [1.165, 1.54) is 6.92 Å². The number of fused-ring (bicyclic) bond motifs is 1. The standard InChI is InChI=1S/C21H24N2O4S/c1-15-6-3-4-7-18(15)19-8-5-11-23(19)28(25,26)17-9-10-21-20(14-17)22(16(2)24)12-13-27-21/h3-4,6-7,9-10,14,19H,5,8,11-13H2,1-2H3. The maximum atomic E-state index is 13.5. The van der Waals surface area contributed by atoms with Gasteiger partial charge in [-0.25, -0.2) is 8.42 Å². The lowest BCUT2D eigenvalue weighted by Gasteiger charge is -2.30. The first-order valence-corrected chi connectivity index (χ1v) is 11.0. The molecular weight excluding hydrogens is 376 g/mol. The molecule has 6 nitrogen and oxygen atoms in total. The van der Waals surface area contributed by atoms with Gasteiger partial charge in [0.05, 0.1) is 23.2 Å². The fraction of sp³-hybridized carbons (Fsp3) is 0.381. The van der Waals surface area contributed by atoms with Crippen LogP contribution in [0.1, 0.15) is 36.9 Å². The Kier molecular flexibility index (Phi) is 4.89. The van der Waals surface area contributed by atoms with Crippen molar-refractivity contribution in [2.75, 3.05) is 24.6 Å². The average Bonchev–Trinajstić information content (AvgIpc) is 3.17. The van der Waals surface area contributed by atoms with Gasteiger partial charge in [-0.15, -0.1) is 0 Å². The van der Waals surface area contributed by atoms with Crippen LogP contribution >= 0.6 is 0 Å². The molecule has 0 spiro atoms. The Hall–Kier alpha value is -2.38. The SMILES string of the molecule is CC(=O)N1CCOc2ccc(S(=O)(=O)N3CCCC3c3ccccc3C)cc21. The van der Waals surface area contributed by atoms with Crippen molar-refractivity contribution < 1.29 is 17.9 Å². The second-order valence-corrected chi connectivity index (χ2v) is 9.17. The van der Waals surface area contributed by atoms with E-state index in [0.29, 0.717) is 31.1 Å². The first-order valence-electron chi connectivity index (χ1n) is 9.52. The van der Waals surface area contributed by atoms with Crippen LogP contribution in [0.3, 0.4) is 0 Å². The number of amides is 1. The van der Waals surface area contributed by atoms with Gasteiger partial charge in [0.2, 0.25) is 15.9 Å². The predicted octanol–water partition coefficient (Wildman–Crippen LogP) is 3.27. The van der Waals surface area contributed by atoms with Gasteiger partial charge >= 0.3 is 0 Å². The Morgan fingerprint density at radius 3 is 2.68 bits per heavy atom. The number of nitrogens with zero attached hydrogens (tertiary/aromatic N) is 2. The summed E-state index contributed by atoms with van der Waals surface area (Å²) in [5.41, 5.74) is 2.66. The van der Waals surface area contributed by atoms with Gasteiger partial charge in [-0.3, -0.25) is 4.79 Å². The van der Waals surface area contributed by atoms with Crippen molar-refractivity contribution in [3.63, 3.8) is 0 Å². The number of aryl methyl sites for hydroxylation is 1. The fourth-order valence-corrected chi connectivity index (χ4v) is 5.81. The number of anilines is 1. The van der Waals surface area contributed by atoms with Crippen molar-refractivity contribution in [3.05, 3.63) is 53.6 Å². The normalized spacial score (nSPS) is 19.9. The number of ether oxygens (including phenoxy) is 1. The number of carbonyl (C=O) groups is 1. The topological polar surface area (TPSA) is 66.9 Å². The highest BCUT2D eigenvalue weighted by Crippen LogP contribution is 2.40. The monoisotopic (exact) mass is 400 g/mol. The molecule has 0 aliphatic carbocycles. The van der Waals surface area contributed by atoms with E-state index in [1.54, 1.807) is 27.4 Å². The van der Waals surface area contributed by atoms with Gasteiger partial charge in [0, 0.05) is 13.5 Å². The lowest BCUT2D eigenvalue weighted by Crippen LogP contribution is -2.37. The molecule has 2 aromatic carbocycles. The second kappa shape index (κ2) is 7.22. The molecule has 1 saturated heterocycles. The third kappa shape index (κ3) is 3.18. The van der Waals surface area contributed by atoms with Crippen LogP contribution in [0.5, 0.6) is 5.75 Å². The highest BCUT2D eigenvalue weighted by atomic mass is 32.2. The number of hydrogen-bond donors (Lipinski definition) is 0. The number of sulfonamides is 1. The number of hydrogen-bond acceptors (Lipinski definition) is 4. The largest absolute Gasteiger partial charge is 0.490 e. The van der Waals surface area contributed by atoms with Gasteiger partial charge in [-0.1, -0.05) is 24.3 Å². The first-order chi connectivity index (χ1) is 13.4. The molecule has 1 unspecified atom stereocenters. The van der Waals surface area contributed by atoms with Gasteiger partial charge in [-0.05, 0) is 49.1 Å². The molecule has 7 heteroatoms. The van der Waals surface area contributed by atoms with E-state index < -0.39 is 10.0 Å². The van der Waals surface area contributed by atoms with Crippen LogP contribution in [-0.2, 0) is 14.8 Å². The Bertz CT molecular complexity index is 1020. The van der Waals surface area contributed by atoms with Crippen LogP contribution in [0.25, 0.3) is 0 Å². The quantitative estimate of drug-likeness (QED) is 0.793. The maximum Gasteiger partial charge on any atom is 0.243 e. The van der Waals surface area contributed by atoms with E-state index in [-0.39, 0.29) is 16.8 Å². The van der Waals surface area contributed by atoms with Crippen LogP contribution in [0, 0.1) is 6.92 Å². The summed E-state index contributed by atoms with van der Waals surface area (Å²) in [6.07, 6.45) is 1.63. The molecule has 1 atom stereocenters. The zero-order valence-electron chi connectivity index (χ0n) is 16.1. The minimum Gasteiger partial charge on any atom is -0.490 e. The smallest absolute Gasteiger partial charge is 0.243 e. The van der Waals surface area contributed by atoms with Crippen LogP contribution in [0.15, 0.2) is 47.4 Å². The van der Waals surface area contributed by atoms with E-state index in [0.717, 1.165) is 24.0 Å². The lowest BCUT2D eigenvalue weighted by molar-refractivity contribution is -0.116. The minimum absolute atomic E-state index is 0.127. The maximum absolute atomic E-state index is 13.5. The highest BCUT2D eigenvalue weighted by Gasteiger charge is 2.37. The molecule has 0 radical (unpaired) electrons. The predicted molar refractivity (Wildman–Crippen MR) is 107 cm³/mol. The summed E-state index contributed by atoms with van der Waals surface area (Å²) >= 11 is 0. The van der Waals surface area contributed by atoms with Crippen molar-refractivity contribution in [2.24, 2.45) is 0 Å². The molecule has 0 saturated carbocycles. The van der Waals surface area contributed by atoms with Gasteiger partial charge in [0.25, 0.3) is 0 Å². The summed E-state index contributed by atoms with van der Waals surface area (Å²) in [7, 11) is -3.70. The van der Waals surface area contributed by atoms with Crippen molar-refractivity contribution in [1.29, 1.82) is 0 Å². The molecule has 2 heterocycles. The Labute approximate surface area is 165 Å². The molecule has 28 heavy (non-hydrogen) atoms. The molecule has 4 rings (SSSR count). The van der Waals surface area contributed by atoms with Crippen molar-refractivity contribution in [3.8, 4) is 5.75 Å². The molecule has 1 fully saturated rings. The molecule has 0 aromatic heterocycles. The van der Waals surface area contributed by atoms with E-state index >= 15 is 0 Å². The fourth-order valence-electron chi connectivity index (χ4n) is 4.12. The van der Waals surface area contributed by atoms with Crippen molar-refractivity contribution in [2.45, 2.75) is 37.6 Å². The summed E-state index contributed by atoms with van der Waals surface area (Å²) in [4.78, 5) is 13.7. The Morgan fingerprint density at radius 1 is 1.14 bits per heavy atom. The Balaban J connectivity index is 1.73. The molecule has 0 N–H and O–H groups in total. The second-order valence-electron chi connectivity index (χ2n) is 7.28. The van der Waals surface area contributed by atoms with Crippen molar-refractivity contribution in [1.82, 2.24) is 4.31 Å². The Morgan fingerprint density at radius 2 is 1.93 bits per heavy atom. The van der Waals surface area contributed by atoms with Gasteiger partial charge in [-0.2, -0.15) is 4.31 Å². The molecular formula is C21H24N2O4S. The summed E-state index contributed by atoms with van der Waals surface area (Å²) in [5, 5.41) is 0. The molecule has 2 aliphatic heterocycles. The van der Waals surface area contributed by atoms with Crippen molar-refractivity contribution >= 4 is 21.6 Å². The molecule has 2 aliphatic rings. The zero-order chi connectivity index (χ0) is 19.9. The first kappa shape index (κ1) is 19.0. The van der Waals surface area contributed by atoms with Gasteiger partial charge < -0.3 is 9.64 Å². The molecule has 1 amide bonds. The van der Waals surface area contributed by atoms with Crippen LogP contribution in [-0.4, -0.2) is 38.3 Å². The molecule has 148 valence electrons. The van der Waals surface area contributed by atoms with Gasteiger partial charge in [0.15, 0.2) is 0 Å². The van der Waals surface area contributed by atoms with Crippen LogP contribution in [0.2, 0.25) is 0 Å². The summed E-state index contributed by atoms with van der Waals surface area (Å²) < 4.78 is 34.1. The summed E-state index contributed by atoms with van der Waals surface area (Å²) in [6, 6.07) is 12.6. The van der Waals surface area contributed by atoms with Crippen LogP contribution < -0.4 is 9.64 Å². The molecule has 0 bridgehead atoms. The van der Waals surface area contributed by atoms with E-state index in [1.807, 2.05) is 31.2 Å². The van der Waals surface area contributed by atoms with E-state index in [9.17, 15) is 13.2 Å².